The number of rotatable bonds is 7. The molecule has 0 bridgehead atoms. The van der Waals surface area contributed by atoms with Crippen LogP contribution in [0.5, 0.6) is 0 Å². The van der Waals surface area contributed by atoms with Crippen LogP contribution in [-0.2, 0) is 16.1 Å². The molecule has 1 rings (SSSR count). The second kappa shape index (κ2) is 9.86. The Labute approximate surface area is 153 Å². The first-order valence-corrected chi connectivity index (χ1v) is 8.44. The third-order valence-electron chi connectivity index (χ3n) is 3.33. The van der Waals surface area contributed by atoms with Gasteiger partial charge >= 0.3 is 6.03 Å². The highest BCUT2D eigenvalue weighted by Gasteiger charge is 2.18. The molecular weight excluding hydrogens is 339 g/mol. The van der Waals surface area contributed by atoms with Crippen LogP contribution in [0.2, 0.25) is 0 Å². The largest absolute Gasteiger partial charge is 0.351 e. The maximum Gasteiger partial charge on any atom is 0.321 e. The van der Waals surface area contributed by atoms with E-state index in [1.54, 1.807) is 37.8 Å². The summed E-state index contributed by atoms with van der Waals surface area (Å²) in [5.74, 6) is -1.08. The van der Waals surface area contributed by atoms with Crippen LogP contribution in [0.4, 0.5) is 9.18 Å². The Morgan fingerprint density at radius 1 is 1.04 bits per heavy atom. The average Bonchev–Trinajstić information content (AvgIpc) is 2.51. The van der Waals surface area contributed by atoms with Crippen molar-refractivity contribution in [2.45, 2.75) is 39.8 Å². The first kappa shape index (κ1) is 21.6. The molecule has 0 unspecified atom stereocenters. The summed E-state index contributed by atoms with van der Waals surface area (Å²) in [6, 6.07) is 5.27. The molecule has 3 N–H and O–H groups in total. The van der Waals surface area contributed by atoms with Crippen LogP contribution < -0.4 is 16.0 Å². The summed E-state index contributed by atoms with van der Waals surface area (Å²) in [7, 11) is 0. The van der Waals surface area contributed by atoms with Crippen molar-refractivity contribution in [2.75, 3.05) is 19.6 Å². The zero-order valence-electron chi connectivity index (χ0n) is 15.7. The number of nitrogens with one attached hydrogen (secondary N) is 3. The second-order valence-corrected chi connectivity index (χ2v) is 6.96. The molecule has 7 nitrogen and oxygen atoms in total. The van der Waals surface area contributed by atoms with Gasteiger partial charge in [-0.25, -0.2) is 9.18 Å². The van der Waals surface area contributed by atoms with Crippen LogP contribution >= 0.6 is 0 Å². The lowest BCUT2D eigenvalue weighted by molar-refractivity contribution is -0.124. The lowest BCUT2D eigenvalue weighted by Crippen LogP contribution is -2.51. The van der Waals surface area contributed by atoms with Gasteiger partial charge in [-0.3, -0.25) is 19.8 Å². The molecule has 1 aromatic carbocycles. The van der Waals surface area contributed by atoms with Gasteiger partial charge in [0.25, 0.3) is 0 Å². The standard InChI is InChI=1S/C18H27FN4O3/c1-5-23(12-16(25)21-17(26)22-18(2,3)4)11-15(24)20-10-13-6-8-14(19)9-7-13/h6-9H,5,10-12H2,1-4H3,(H,20,24)(H2,21,22,25,26). The number of benzene rings is 1. The van der Waals surface area contributed by atoms with Gasteiger partial charge < -0.3 is 10.6 Å². The van der Waals surface area contributed by atoms with Crippen LogP contribution in [0.25, 0.3) is 0 Å². The molecule has 0 aromatic heterocycles. The Hall–Kier alpha value is -2.48. The molecule has 0 aliphatic heterocycles. The molecule has 0 heterocycles. The molecule has 0 aliphatic rings. The molecule has 0 spiro atoms. The predicted octanol–water partition coefficient (Wildman–Crippen LogP) is 1.39. The Morgan fingerprint density at radius 2 is 1.62 bits per heavy atom. The summed E-state index contributed by atoms with van der Waals surface area (Å²) < 4.78 is 12.8. The Bertz CT molecular complexity index is 626. The fourth-order valence-electron chi connectivity index (χ4n) is 2.08. The third-order valence-corrected chi connectivity index (χ3v) is 3.33. The molecule has 1 aromatic rings. The van der Waals surface area contributed by atoms with Gasteiger partial charge in [0.15, 0.2) is 0 Å². The predicted molar refractivity (Wildman–Crippen MR) is 96.8 cm³/mol. The van der Waals surface area contributed by atoms with E-state index in [9.17, 15) is 18.8 Å². The fourth-order valence-corrected chi connectivity index (χ4v) is 2.08. The second-order valence-electron chi connectivity index (χ2n) is 6.96. The van der Waals surface area contributed by atoms with E-state index in [0.29, 0.717) is 6.54 Å². The Kier molecular flexibility index (Phi) is 8.18. The number of nitrogens with zero attached hydrogens (tertiary/aromatic N) is 1. The van der Waals surface area contributed by atoms with Crippen molar-refractivity contribution in [1.82, 2.24) is 20.9 Å². The molecular formula is C18H27FN4O3. The average molecular weight is 366 g/mol. The van der Waals surface area contributed by atoms with Gasteiger partial charge in [-0.15, -0.1) is 0 Å². The number of carbonyl (C=O) groups excluding carboxylic acids is 3. The van der Waals surface area contributed by atoms with Crippen LogP contribution in [0.1, 0.15) is 33.3 Å². The SMILES string of the molecule is CCN(CC(=O)NCc1ccc(F)cc1)CC(=O)NC(=O)NC(C)(C)C. The summed E-state index contributed by atoms with van der Waals surface area (Å²) in [6.45, 7) is 7.93. The first-order valence-electron chi connectivity index (χ1n) is 8.44. The summed E-state index contributed by atoms with van der Waals surface area (Å²) in [6.07, 6.45) is 0. The molecule has 0 saturated heterocycles. The van der Waals surface area contributed by atoms with E-state index in [1.165, 1.54) is 12.1 Å². The fraction of sp³-hybridized carbons (Fsp3) is 0.500. The van der Waals surface area contributed by atoms with E-state index >= 15 is 0 Å². The van der Waals surface area contributed by atoms with E-state index in [4.69, 9.17) is 0 Å². The van der Waals surface area contributed by atoms with Crippen LogP contribution in [-0.4, -0.2) is 47.9 Å². The summed E-state index contributed by atoms with van der Waals surface area (Å²) in [5, 5.41) is 7.58. The minimum atomic E-state index is -0.570. The van der Waals surface area contributed by atoms with Gasteiger partial charge in [-0.2, -0.15) is 0 Å². The first-order chi connectivity index (χ1) is 12.1. The van der Waals surface area contributed by atoms with Gasteiger partial charge in [0.1, 0.15) is 5.82 Å². The monoisotopic (exact) mass is 366 g/mol. The van der Waals surface area contributed by atoms with Crippen molar-refractivity contribution < 1.29 is 18.8 Å². The van der Waals surface area contributed by atoms with Gasteiger partial charge in [0.2, 0.25) is 11.8 Å². The number of likely N-dealkylation sites (N-methyl/N-ethyl adjacent to an activating group) is 1. The molecule has 0 aliphatic carbocycles. The number of imide groups is 1. The highest BCUT2D eigenvalue weighted by molar-refractivity contribution is 5.95. The maximum atomic E-state index is 12.8. The zero-order valence-corrected chi connectivity index (χ0v) is 15.7. The molecule has 26 heavy (non-hydrogen) atoms. The third kappa shape index (κ3) is 9.12. The van der Waals surface area contributed by atoms with Crippen molar-refractivity contribution in [2.24, 2.45) is 0 Å². The number of hydrogen-bond acceptors (Lipinski definition) is 4. The minimum absolute atomic E-state index is 0.0198. The quantitative estimate of drug-likeness (QED) is 0.680. The number of hydrogen-bond donors (Lipinski definition) is 3. The lowest BCUT2D eigenvalue weighted by atomic mass is 10.1. The van der Waals surface area contributed by atoms with Crippen molar-refractivity contribution in [1.29, 1.82) is 0 Å². The molecule has 4 amide bonds. The summed E-state index contributed by atoms with van der Waals surface area (Å²) >= 11 is 0. The highest BCUT2D eigenvalue weighted by Crippen LogP contribution is 2.02. The molecule has 0 fully saturated rings. The van der Waals surface area contributed by atoms with Crippen LogP contribution in [0.15, 0.2) is 24.3 Å². The van der Waals surface area contributed by atoms with E-state index < -0.39 is 17.5 Å². The molecule has 0 saturated carbocycles. The van der Waals surface area contributed by atoms with Gasteiger partial charge in [0, 0.05) is 12.1 Å². The van der Waals surface area contributed by atoms with Crippen molar-refractivity contribution >= 4 is 17.8 Å². The maximum absolute atomic E-state index is 12.8. The van der Waals surface area contributed by atoms with Crippen LogP contribution in [0, 0.1) is 5.82 Å². The molecule has 0 radical (unpaired) electrons. The number of carbonyl (C=O) groups is 3. The summed E-state index contributed by atoms with van der Waals surface area (Å²) in [5.41, 5.74) is 0.328. The Morgan fingerprint density at radius 3 is 2.15 bits per heavy atom. The normalized spacial score (nSPS) is 11.2. The van der Waals surface area contributed by atoms with Crippen LogP contribution in [0.3, 0.4) is 0 Å². The Balaban J connectivity index is 2.40. The number of amides is 4. The van der Waals surface area contributed by atoms with Gasteiger partial charge in [-0.05, 0) is 45.0 Å². The van der Waals surface area contributed by atoms with Gasteiger partial charge in [0.05, 0.1) is 13.1 Å². The molecule has 8 heteroatoms. The zero-order chi connectivity index (χ0) is 19.7. The number of halogens is 1. The highest BCUT2D eigenvalue weighted by atomic mass is 19.1. The number of urea groups is 1. The minimum Gasteiger partial charge on any atom is -0.351 e. The lowest BCUT2D eigenvalue weighted by Gasteiger charge is -2.22. The van der Waals surface area contributed by atoms with E-state index in [2.05, 4.69) is 16.0 Å². The van der Waals surface area contributed by atoms with Crippen molar-refractivity contribution in [3.63, 3.8) is 0 Å². The summed E-state index contributed by atoms with van der Waals surface area (Å²) in [4.78, 5) is 37.2. The van der Waals surface area contributed by atoms with Crippen molar-refractivity contribution in [3.05, 3.63) is 35.6 Å². The smallest absolute Gasteiger partial charge is 0.321 e. The molecule has 0 atom stereocenters. The molecule has 144 valence electrons. The van der Waals surface area contributed by atoms with Crippen molar-refractivity contribution in [3.8, 4) is 0 Å². The van der Waals surface area contributed by atoms with Gasteiger partial charge in [-0.1, -0.05) is 19.1 Å². The van der Waals surface area contributed by atoms with E-state index in [0.717, 1.165) is 5.56 Å². The topological polar surface area (TPSA) is 90.5 Å². The van der Waals surface area contributed by atoms with E-state index in [1.807, 2.05) is 6.92 Å². The van der Waals surface area contributed by atoms with E-state index in [-0.39, 0.29) is 31.4 Å².